The van der Waals surface area contributed by atoms with Crippen LogP contribution in [0.3, 0.4) is 0 Å². The lowest BCUT2D eigenvalue weighted by Gasteiger charge is -2.30. The summed E-state index contributed by atoms with van der Waals surface area (Å²) >= 11 is 3.74. The van der Waals surface area contributed by atoms with Crippen LogP contribution < -0.4 is 0 Å². The lowest BCUT2D eigenvalue weighted by Crippen LogP contribution is -2.26. The van der Waals surface area contributed by atoms with E-state index in [1.54, 1.807) is 0 Å². The van der Waals surface area contributed by atoms with Crippen molar-refractivity contribution in [3.05, 3.63) is 124 Å². The van der Waals surface area contributed by atoms with Gasteiger partial charge in [0.15, 0.2) is 0 Å². The summed E-state index contributed by atoms with van der Waals surface area (Å²) in [5.74, 6) is 0. The summed E-state index contributed by atoms with van der Waals surface area (Å²) in [4.78, 5) is 5.17. The van der Waals surface area contributed by atoms with E-state index in [0.29, 0.717) is 0 Å². The first kappa shape index (κ1) is 16.6. The molecule has 0 fully saturated rings. The predicted octanol–water partition coefficient (Wildman–Crippen LogP) is 7.34. The maximum atomic E-state index is 5.17. The van der Waals surface area contributed by atoms with Gasteiger partial charge in [-0.3, -0.25) is 0 Å². The quantitative estimate of drug-likeness (QED) is 0.238. The zero-order chi connectivity index (χ0) is 19.9. The van der Waals surface area contributed by atoms with E-state index >= 15 is 0 Å². The molecule has 1 spiro atoms. The van der Waals surface area contributed by atoms with Gasteiger partial charge in [-0.2, -0.15) is 0 Å². The first-order valence-corrected chi connectivity index (χ1v) is 11.0. The number of hydrogen-bond donors (Lipinski definition) is 0. The molecule has 4 aromatic carbocycles. The van der Waals surface area contributed by atoms with Crippen molar-refractivity contribution >= 4 is 26.8 Å². The SMILES string of the molecule is Brc1ccc2c(c1)C1(c3ccccc3-2)c2ccccc2-c2nc3ccccc3cc21. The molecule has 1 heterocycles. The number of fused-ring (bicyclic) bond motifs is 11. The number of aromatic nitrogens is 1. The monoisotopic (exact) mass is 445 g/mol. The molecule has 0 aliphatic heterocycles. The molecule has 7 rings (SSSR count). The summed E-state index contributed by atoms with van der Waals surface area (Å²) in [6.07, 6.45) is 0. The van der Waals surface area contributed by atoms with Gasteiger partial charge in [0, 0.05) is 15.4 Å². The highest BCUT2D eigenvalue weighted by Gasteiger charge is 2.52. The molecule has 140 valence electrons. The second-order valence-electron chi connectivity index (χ2n) is 8.11. The van der Waals surface area contributed by atoms with Crippen molar-refractivity contribution in [1.29, 1.82) is 0 Å². The van der Waals surface area contributed by atoms with Gasteiger partial charge in [-0.05, 0) is 57.6 Å². The van der Waals surface area contributed by atoms with Crippen LogP contribution in [-0.2, 0) is 5.41 Å². The molecule has 0 bridgehead atoms. The topological polar surface area (TPSA) is 12.9 Å². The van der Waals surface area contributed by atoms with Gasteiger partial charge in [0.25, 0.3) is 0 Å². The fourth-order valence-electron chi connectivity index (χ4n) is 5.60. The molecule has 1 aromatic heterocycles. The number of pyridine rings is 1. The smallest absolute Gasteiger partial charge is 0.0761 e. The molecule has 0 amide bonds. The van der Waals surface area contributed by atoms with E-state index in [1.807, 2.05) is 0 Å². The molecule has 1 atom stereocenters. The van der Waals surface area contributed by atoms with Crippen LogP contribution in [0.5, 0.6) is 0 Å². The Labute approximate surface area is 183 Å². The minimum atomic E-state index is -0.335. The fraction of sp³-hybridized carbons (Fsp3) is 0.0357. The van der Waals surface area contributed by atoms with Crippen LogP contribution in [0.15, 0.2) is 102 Å². The number of rotatable bonds is 0. The predicted molar refractivity (Wildman–Crippen MR) is 126 cm³/mol. The molecular formula is C28H16BrN. The number of hydrogen-bond acceptors (Lipinski definition) is 1. The Bertz CT molecular complexity index is 1520. The summed E-state index contributed by atoms with van der Waals surface area (Å²) in [5.41, 5.74) is 11.0. The molecule has 1 nitrogen and oxygen atoms in total. The molecule has 2 aliphatic rings. The number of benzene rings is 4. The van der Waals surface area contributed by atoms with Crippen molar-refractivity contribution in [2.75, 3.05) is 0 Å². The molecule has 2 aliphatic carbocycles. The van der Waals surface area contributed by atoms with E-state index in [-0.39, 0.29) is 5.41 Å². The number of halogens is 1. The third-order valence-electron chi connectivity index (χ3n) is 6.72. The zero-order valence-electron chi connectivity index (χ0n) is 16.1. The van der Waals surface area contributed by atoms with Crippen molar-refractivity contribution in [3.8, 4) is 22.4 Å². The Morgan fingerprint density at radius 3 is 2.10 bits per heavy atom. The van der Waals surface area contributed by atoms with Crippen molar-refractivity contribution < 1.29 is 0 Å². The molecule has 5 aromatic rings. The van der Waals surface area contributed by atoms with Crippen LogP contribution in [0, 0.1) is 0 Å². The van der Waals surface area contributed by atoms with Crippen LogP contribution in [0.2, 0.25) is 0 Å². The minimum Gasteiger partial charge on any atom is -0.247 e. The molecule has 2 heteroatoms. The van der Waals surface area contributed by atoms with Gasteiger partial charge in [-0.25, -0.2) is 4.98 Å². The van der Waals surface area contributed by atoms with Gasteiger partial charge in [-0.15, -0.1) is 0 Å². The summed E-state index contributed by atoms with van der Waals surface area (Å²) < 4.78 is 1.10. The minimum absolute atomic E-state index is 0.335. The molecule has 0 saturated heterocycles. The van der Waals surface area contributed by atoms with Crippen LogP contribution >= 0.6 is 15.9 Å². The molecule has 1 unspecified atom stereocenters. The highest BCUT2D eigenvalue weighted by molar-refractivity contribution is 9.10. The Kier molecular flexibility index (Phi) is 3.13. The van der Waals surface area contributed by atoms with Gasteiger partial charge in [-0.1, -0.05) is 88.7 Å². The summed E-state index contributed by atoms with van der Waals surface area (Å²) in [5, 5.41) is 1.18. The second-order valence-corrected chi connectivity index (χ2v) is 9.02. The van der Waals surface area contributed by atoms with Gasteiger partial charge >= 0.3 is 0 Å². The molecular weight excluding hydrogens is 430 g/mol. The highest BCUT2D eigenvalue weighted by Crippen LogP contribution is 2.62. The second kappa shape index (κ2) is 5.68. The van der Waals surface area contributed by atoms with Crippen LogP contribution in [-0.4, -0.2) is 4.98 Å². The summed E-state index contributed by atoms with van der Waals surface area (Å²) in [6, 6.07) is 35.2. The van der Waals surface area contributed by atoms with E-state index in [2.05, 4.69) is 113 Å². The lowest BCUT2D eigenvalue weighted by molar-refractivity contribution is 0.792. The normalized spacial score (nSPS) is 17.6. The van der Waals surface area contributed by atoms with E-state index in [0.717, 1.165) is 15.7 Å². The largest absolute Gasteiger partial charge is 0.247 e. The van der Waals surface area contributed by atoms with Crippen LogP contribution in [0.1, 0.15) is 22.3 Å². The maximum Gasteiger partial charge on any atom is 0.0761 e. The van der Waals surface area contributed by atoms with Gasteiger partial charge in [0.05, 0.1) is 16.6 Å². The molecule has 30 heavy (non-hydrogen) atoms. The lowest BCUT2D eigenvalue weighted by atomic mass is 9.70. The molecule has 0 radical (unpaired) electrons. The van der Waals surface area contributed by atoms with Crippen molar-refractivity contribution in [1.82, 2.24) is 4.98 Å². The van der Waals surface area contributed by atoms with Gasteiger partial charge in [0.1, 0.15) is 0 Å². The summed E-state index contributed by atoms with van der Waals surface area (Å²) in [7, 11) is 0. The highest BCUT2D eigenvalue weighted by atomic mass is 79.9. The average Bonchev–Trinajstić information content (AvgIpc) is 3.24. The van der Waals surface area contributed by atoms with Crippen LogP contribution in [0.4, 0.5) is 0 Å². The fourth-order valence-corrected chi connectivity index (χ4v) is 5.96. The Morgan fingerprint density at radius 1 is 0.567 bits per heavy atom. The molecule has 0 N–H and O–H groups in total. The zero-order valence-corrected chi connectivity index (χ0v) is 17.6. The number of para-hydroxylation sites is 1. The van der Waals surface area contributed by atoms with Crippen LogP contribution in [0.25, 0.3) is 33.3 Å². The van der Waals surface area contributed by atoms with E-state index < -0.39 is 0 Å². The number of nitrogens with zero attached hydrogens (tertiary/aromatic N) is 1. The Balaban J connectivity index is 1.74. The van der Waals surface area contributed by atoms with Crippen molar-refractivity contribution in [2.24, 2.45) is 0 Å². The standard InChI is InChI=1S/C28H16BrN/c29-18-13-14-20-19-8-2-4-10-22(19)28(24(20)16-18)23-11-5-3-9-21(23)27-25(28)15-17-7-1-6-12-26(17)30-27/h1-16H. The Hall–Kier alpha value is -3.23. The van der Waals surface area contributed by atoms with Crippen molar-refractivity contribution in [3.63, 3.8) is 0 Å². The molecule has 0 saturated carbocycles. The maximum absolute atomic E-state index is 5.17. The van der Waals surface area contributed by atoms with E-state index in [4.69, 9.17) is 4.98 Å². The van der Waals surface area contributed by atoms with E-state index in [9.17, 15) is 0 Å². The van der Waals surface area contributed by atoms with Crippen molar-refractivity contribution in [2.45, 2.75) is 5.41 Å². The first-order chi connectivity index (χ1) is 14.8. The van der Waals surface area contributed by atoms with Gasteiger partial charge < -0.3 is 0 Å². The Morgan fingerprint density at radius 2 is 1.23 bits per heavy atom. The average molecular weight is 446 g/mol. The summed E-state index contributed by atoms with van der Waals surface area (Å²) in [6.45, 7) is 0. The van der Waals surface area contributed by atoms with Gasteiger partial charge in [0.2, 0.25) is 0 Å². The first-order valence-electron chi connectivity index (χ1n) is 10.2. The third kappa shape index (κ3) is 1.86. The van der Waals surface area contributed by atoms with E-state index in [1.165, 1.54) is 44.3 Å². The third-order valence-corrected chi connectivity index (χ3v) is 7.21.